The Hall–Kier alpha value is -1.46. The minimum absolute atomic E-state index is 0.126. The van der Waals surface area contributed by atoms with Crippen LogP contribution in [0.25, 0.3) is 0 Å². The smallest absolute Gasteiger partial charge is 0.144 e. The topological polar surface area (TPSA) is 53.8 Å². The molecule has 0 aromatic heterocycles. The standard InChI is InChI=1S/C16H28N4O/c1-12(2)21-15-7-5-6-14(16(15)17)18-10-13-11-19(3)8-9-20(13)4/h5-7,12-13,18H,8-11,17H2,1-4H3. The molecule has 1 unspecified atom stereocenters. The number of benzene rings is 1. The second kappa shape index (κ2) is 7.00. The molecule has 5 nitrogen and oxygen atoms in total. The Morgan fingerprint density at radius 1 is 1.33 bits per heavy atom. The fourth-order valence-corrected chi connectivity index (χ4v) is 2.60. The van der Waals surface area contributed by atoms with Gasteiger partial charge < -0.3 is 20.7 Å². The van der Waals surface area contributed by atoms with Gasteiger partial charge in [0, 0.05) is 32.2 Å². The molecule has 0 spiro atoms. The first-order valence-corrected chi connectivity index (χ1v) is 7.65. The maximum atomic E-state index is 6.20. The number of anilines is 2. The predicted octanol–water partition coefficient (Wildman–Crippen LogP) is 1.71. The second-order valence-corrected chi connectivity index (χ2v) is 6.16. The molecule has 1 atom stereocenters. The highest BCUT2D eigenvalue weighted by Gasteiger charge is 2.22. The average Bonchev–Trinajstić information content (AvgIpc) is 2.43. The monoisotopic (exact) mass is 292 g/mol. The molecule has 1 saturated heterocycles. The van der Waals surface area contributed by atoms with Crippen LogP contribution in [0.15, 0.2) is 18.2 Å². The lowest BCUT2D eigenvalue weighted by molar-refractivity contribution is 0.122. The molecule has 1 heterocycles. The second-order valence-electron chi connectivity index (χ2n) is 6.16. The first-order chi connectivity index (χ1) is 9.97. The summed E-state index contributed by atoms with van der Waals surface area (Å²) >= 11 is 0. The minimum Gasteiger partial charge on any atom is -0.489 e. The van der Waals surface area contributed by atoms with Gasteiger partial charge in [0.05, 0.1) is 17.5 Å². The van der Waals surface area contributed by atoms with E-state index in [1.54, 1.807) is 0 Å². The summed E-state index contributed by atoms with van der Waals surface area (Å²) in [6, 6.07) is 6.40. The number of ether oxygens (including phenoxy) is 1. The van der Waals surface area contributed by atoms with Crippen molar-refractivity contribution in [3.05, 3.63) is 18.2 Å². The van der Waals surface area contributed by atoms with Gasteiger partial charge in [-0.05, 0) is 40.1 Å². The molecular formula is C16H28N4O. The number of para-hydroxylation sites is 1. The molecular weight excluding hydrogens is 264 g/mol. The predicted molar refractivity (Wildman–Crippen MR) is 89.0 cm³/mol. The van der Waals surface area contributed by atoms with E-state index in [1.165, 1.54) is 0 Å². The number of likely N-dealkylation sites (N-methyl/N-ethyl adjacent to an activating group) is 2. The van der Waals surface area contributed by atoms with Crippen LogP contribution in [0.1, 0.15) is 13.8 Å². The van der Waals surface area contributed by atoms with Crippen molar-refractivity contribution in [3.8, 4) is 5.75 Å². The average molecular weight is 292 g/mol. The lowest BCUT2D eigenvalue weighted by Crippen LogP contribution is -2.52. The van der Waals surface area contributed by atoms with Crippen LogP contribution in [0.4, 0.5) is 11.4 Å². The van der Waals surface area contributed by atoms with E-state index in [0.717, 1.165) is 37.6 Å². The number of nitrogens with zero attached hydrogens (tertiary/aromatic N) is 2. The number of piperazine rings is 1. The highest BCUT2D eigenvalue weighted by molar-refractivity contribution is 5.73. The van der Waals surface area contributed by atoms with E-state index in [1.807, 2.05) is 32.0 Å². The largest absolute Gasteiger partial charge is 0.489 e. The van der Waals surface area contributed by atoms with Crippen LogP contribution < -0.4 is 15.8 Å². The molecule has 1 aliphatic rings. The Morgan fingerprint density at radius 3 is 2.81 bits per heavy atom. The number of hydrogen-bond donors (Lipinski definition) is 2. The van der Waals surface area contributed by atoms with Crippen LogP contribution in [0.3, 0.4) is 0 Å². The molecule has 5 heteroatoms. The van der Waals surface area contributed by atoms with E-state index < -0.39 is 0 Å². The number of nitrogens with two attached hydrogens (primary N) is 1. The maximum Gasteiger partial charge on any atom is 0.144 e. The molecule has 1 fully saturated rings. The highest BCUT2D eigenvalue weighted by Crippen LogP contribution is 2.30. The highest BCUT2D eigenvalue weighted by atomic mass is 16.5. The Labute approximate surface area is 128 Å². The van der Waals surface area contributed by atoms with E-state index in [0.29, 0.717) is 11.7 Å². The molecule has 0 amide bonds. The number of nitrogen functional groups attached to an aromatic ring is 1. The van der Waals surface area contributed by atoms with Crippen LogP contribution in [0.2, 0.25) is 0 Å². The Morgan fingerprint density at radius 2 is 2.10 bits per heavy atom. The van der Waals surface area contributed by atoms with Crippen molar-refractivity contribution in [1.29, 1.82) is 0 Å². The lowest BCUT2D eigenvalue weighted by atomic mass is 10.1. The van der Waals surface area contributed by atoms with E-state index in [-0.39, 0.29) is 6.10 Å². The molecule has 1 aromatic carbocycles. The van der Waals surface area contributed by atoms with E-state index in [4.69, 9.17) is 10.5 Å². The first-order valence-electron chi connectivity index (χ1n) is 7.65. The molecule has 2 rings (SSSR count). The van der Waals surface area contributed by atoms with E-state index >= 15 is 0 Å². The van der Waals surface area contributed by atoms with E-state index in [9.17, 15) is 0 Å². The van der Waals surface area contributed by atoms with Gasteiger partial charge >= 0.3 is 0 Å². The Balaban J connectivity index is 1.99. The van der Waals surface area contributed by atoms with Crippen LogP contribution in [0.5, 0.6) is 5.75 Å². The summed E-state index contributed by atoms with van der Waals surface area (Å²) in [4.78, 5) is 4.77. The van der Waals surface area contributed by atoms with Crippen molar-refractivity contribution in [1.82, 2.24) is 9.80 Å². The molecule has 118 valence electrons. The summed E-state index contributed by atoms with van der Waals surface area (Å²) in [7, 11) is 4.35. The molecule has 0 bridgehead atoms. The summed E-state index contributed by atoms with van der Waals surface area (Å²) < 4.78 is 5.73. The lowest BCUT2D eigenvalue weighted by Gasteiger charge is -2.38. The van der Waals surface area contributed by atoms with Crippen molar-refractivity contribution in [2.24, 2.45) is 0 Å². The van der Waals surface area contributed by atoms with Crippen LogP contribution >= 0.6 is 0 Å². The summed E-state index contributed by atoms with van der Waals surface area (Å²) in [5, 5.41) is 3.47. The van der Waals surface area contributed by atoms with Crippen molar-refractivity contribution in [3.63, 3.8) is 0 Å². The van der Waals surface area contributed by atoms with Crippen LogP contribution in [-0.2, 0) is 0 Å². The Kier molecular flexibility index (Phi) is 5.31. The summed E-state index contributed by atoms with van der Waals surface area (Å²) in [5.41, 5.74) is 7.84. The quantitative estimate of drug-likeness (QED) is 0.809. The minimum atomic E-state index is 0.126. The number of hydrogen-bond acceptors (Lipinski definition) is 5. The zero-order valence-corrected chi connectivity index (χ0v) is 13.6. The third kappa shape index (κ3) is 4.25. The summed E-state index contributed by atoms with van der Waals surface area (Å²) in [5.74, 6) is 0.754. The third-order valence-corrected chi connectivity index (χ3v) is 3.94. The SMILES string of the molecule is CC(C)Oc1cccc(NCC2CN(C)CCN2C)c1N. The van der Waals surface area contributed by atoms with Crippen molar-refractivity contribution < 1.29 is 4.74 Å². The van der Waals surface area contributed by atoms with Crippen molar-refractivity contribution in [2.75, 3.05) is 51.3 Å². The van der Waals surface area contributed by atoms with Gasteiger partial charge in [-0.1, -0.05) is 6.07 Å². The fourth-order valence-electron chi connectivity index (χ4n) is 2.60. The van der Waals surface area contributed by atoms with Gasteiger partial charge in [0.2, 0.25) is 0 Å². The van der Waals surface area contributed by atoms with Gasteiger partial charge in [-0.15, -0.1) is 0 Å². The van der Waals surface area contributed by atoms with Crippen molar-refractivity contribution >= 4 is 11.4 Å². The van der Waals surface area contributed by atoms with Gasteiger partial charge in [-0.3, -0.25) is 4.90 Å². The fraction of sp³-hybridized carbons (Fsp3) is 0.625. The van der Waals surface area contributed by atoms with Crippen molar-refractivity contribution in [2.45, 2.75) is 26.0 Å². The number of rotatable bonds is 5. The van der Waals surface area contributed by atoms with Gasteiger partial charge in [-0.2, -0.15) is 0 Å². The molecule has 1 aromatic rings. The molecule has 3 N–H and O–H groups in total. The zero-order valence-electron chi connectivity index (χ0n) is 13.6. The molecule has 0 radical (unpaired) electrons. The molecule has 0 aliphatic carbocycles. The molecule has 0 saturated carbocycles. The summed E-state index contributed by atoms with van der Waals surface area (Å²) in [6.07, 6.45) is 0.126. The van der Waals surface area contributed by atoms with Gasteiger partial charge in [0.25, 0.3) is 0 Å². The van der Waals surface area contributed by atoms with Gasteiger partial charge in [0.1, 0.15) is 5.75 Å². The molecule has 21 heavy (non-hydrogen) atoms. The maximum absolute atomic E-state index is 6.20. The van der Waals surface area contributed by atoms with E-state index in [2.05, 4.69) is 29.2 Å². The normalized spacial score (nSPS) is 20.7. The van der Waals surface area contributed by atoms with Gasteiger partial charge in [0.15, 0.2) is 0 Å². The van der Waals surface area contributed by atoms with Crippen LogP contribution in [0, 0.1) is 0 Å². The number of nitrogens with one attached hydrogen (secondary N) is 1. The zero-order chi connectivity index (χ0) is 15.4. The Bertz CT molecular complexity index is 464. The van der Waals surface area contributed by atoms with Crippen LogP contribution in [-0.4, -0.2) is 62.2 Å². The van der Waals surface area contributed by atoms with Gasteiger partial charge in [-0.25, -0.2) is 0 Å². The first kappa shape index (κ1) is 15.9. The molecule has 1 aliphatic heterocycles. The third-order valence-electron chi connectivity index (χ3n) is 3.94. The summed E-state index contributed by atoms with van der Waals surface area (Å²) in [6.45, 7) is 8.21.